The fourth-order valence-corrected chi connectivity index (χ4v) is 6.72. The van der Waals surface area contributed by atoms with Gasteiger partial charge >= 0.3 is 0 Å². The second-order valence-corrected chi connectivity index (χ2v) is 14.7. The van der Waals surface area contributed by atoms with E-state index in [1.165, 1.54) is 44.0 Å². The summed E-state index contributed by atoms with van der Waals surface area (Å²) >= 11 is 0. The zero-order valence-electron chi connectivity index (χ0n) is 36.9. The van der Waals surface area contributed by atoms with Gasteiger partial charge in [0.2, 0.25) is 0 Å². The van der Waals surface area contributed by atoms with Crippen LogP contribution < -0.4 is 9.80 Å². The van der Waals surface area contributed by atoms with Crippen molar-refractivity contribution in [3.63, 3.8) is 0 Å². The van der Waals surface area contributed by atoms with Crippen molar-refractivity contribution in [1.29, 1.82) is 0 Å². The van der Waals surface area contributed by atoms with E-state index in [4.69, 9.17) is 0 Å². The lowest BCUT2D eigenvalue weighted by atomic mass is 9.82. The molecule has 294 valence electrons. The molecule has 0 amide bonds. The van der Waals surface area contributed by atoms with Gasteiger partial charge in [-0.1, -0.05) is 194 Å². The maximum absolute atomic E-state index is 2.45. The van der Waals surface area contributed by atoms with Crippen molar-refractivity contribution in [3.8, 4) is 0 Å². The van der Waals surface area contributed by atoms with E-state index < -0.39 is 0 Å². The molecular formula is C54H68N2. The molecule has 0 saturated carbocycles. The van der Waals surface area contributed by atoms with Crippen LogP contribution >= 0.6 is 0 Å². The van der Waals surface area contributed by atoms with Gasteiger partial charge in [-0.15, -0.1) is 0 Å². The van der Waals surface area contributed by atoms with Gasteiger partial charge in [0.15, 0.2) is 0 Å². The number of para-hydroxylation sites is 4. The van der Waals surface area contributed by atoms with E-state index in [1.807, 2.05) is 55.4 Å². The Morgan fingerprint density at radius 2 is 0.518 bits per heavy atom. The van der Waals surface area contributed by atoms with E-state index in [0.29, 0.717) is 0 Å². The summed E-state index contributed by atoms with van der Waals surface area (Å²) in [5, 5.41) is 4.86. The zero-order valence-corrected chi connectivity index (χ0v) is 36.9. The fraction of sp³-hybridized carbons (Fsp3) is 0.296. The molecule has 0 saturated heterocycles. The fourth-order valence-electron chi connectivity index (χ4n) is 6.72. The largest absolute Gasteiger partial charge is 0.309 e. The standard InChI is InChI=1S/C46H44N2.4C2H6/c1-45(2,3)33-27-29-39-41(31-33)43(47(35-19-11-7-12-20-35)36-21-13-8-14-22-36)40-30-28-34(46(4,5)6)32-42(40)44(39)48(37-23-15-9-16-24-37)38-25-17-10-18-26-38;4*1-2/h7-32H,1-6H3;4*1-2H3. The van der Waals surface area contributed by atoms with Gasteiger partial charge in [-0.3, -0.25) is 0 Å². The third-order valence-corrected chi connectivity index (χ3v) is 9.30. The molecule has 0 heterocycles. The van der Waals surface area contributed by atoms with Crippen LogP contribution in [0.2, 0.25) is 0 Å². The van der Waals surface area contributed by atoms with Gasteiger partial charge in [-0.25, -0.2) is 0 Å². The van der Waals surface area contributed by atoms with Crippen LogP contribution in [0, 0.1) is 0 Å². The lowest BCUT2D eigenvalue weighted by Gasteiger charge is -2.34. The van der Waals surface area contributed by atoms with Crippen LogP contribution in [0.3, 0.4) is 0 Å². The molecule has 7 aromatic carbocycles. The molecule has 7 aromatic rings. The number of hydrogen-bond donors (Lipinski definition) is 0. The van der Waals surface area contributed by atoms with Gasteiger partial charge in [-0.2, -0.15) is 0 Å². The molecule has 0 atom stereocenters. The molecular weight excluding hydrogens is 677 g/mol. The van der Waals surface area contributed by atoms with Crippen molar-refractivity contribution in [2.75, 3.05) is 9.80 Å². The van der Waals surface area contributed by atoms with Crippen molar-refractivity contribution in [2.45, 2.75) is 108 Å². The van der Waals surface area contributed by atoms with Crippen LogP contribution in [0.15, 0.2) is 158 Å². The molecule has 7 rings (SSSR count). The second-order valence-electron chi connectivity index (χ2n) is 14.7. The molecule has 0 aromatic heterocycles. The molecule has 0 aliphatic carbocycles. The third-order valence-electron chi connectivity index (χ3n) is 9.30. The highest BCUT2D eigenvalue weighted by Crippen LogP contribution is 2.52. The summed E-state index contributed by atoms with van der Waals surface area (Å²) in [4.78, 5) is 4.90. The first-order chi connectivity index (χ1) is 27.1. The van der Waals surface area contributed by atoms with Crippen molar-refractivity contribution in [2.24, 2.45) is 0 Å². The van der Waals surface area contributed by atoms with E-state index in [9.17, 15) is 0 Å². The number of anilines is 6. The number of rotatable bonds is 6. The van der Waals surface area contributed by atoms with Gasteiger partial charge in [0, 0.05) is 44.3 Å². The summed E-state index contributed by atoms with van der Waals surface area (Å²) in [5.74, 6) is 0. The molecule has 56 heavy (non-hydrogen) atoms. The summed E-state index contributed by atoms with van der Waals surface area (Å²) in [6, 6.07) is 57.5. The number of benzene rings is 7. The maximum Gasteiger partial charge on any atom is 0.0620 e. The number of fused-ring (bicyclic) bond motifs is 2. The molecule has 2 heteroatoms. The Morgan fingerprint density at radius 3 is 0.732 bits per heavy atom. The average molecular weight is 745 g/mol. The lowest BCUT2D eigenvalue weighted by molar-refractivity contribution is 0.590. The van der Waals surface area contributed by atoms with Crippen LogP contribution in [0.5, 0.6) is 0 Å². The lowest BCUT2D eigenvalue weighted by Crippen LogP contribution is -2.16. The second kappa shape index (κ2) is 21.1. The Bertz CT molecular complexity index is 1930. The Balaban J connectivity index is 0.000000989. The molecule has 0 fully saturated rings. The van der Waals surface area contributed by atoms with Gasteiger partial charge in [-0.05, 0) is 82.6 Å². The Hall–Kier alpha value is -5.34. The van der Waals surface area contributed by atoms with E-state index in [-0.39, 0.29) is 10.8 Å². The van der Waals surface area contributed by atoms with Crippen LogP contribution in [-0.4, -0.2) is 0 Å². The first-order valence-electron chi connectivity index (χ1n) is 21.0. The summed E-state index contributed by atoms with van der Waals surface area (Å²) in [7, 11) is 0. The Kier molecular flexibility index (Phi) is 17.0. The zero-order chi connectivity index (χ0) is 41.5. The van der Waals surface area contributed by atoms with E-state index >= 15 is 0 Å². The minimum Gasteiger partial charge on any atom is -0.309 e. The molecule has 0 radical (unpaired) electrons. The molecule has 0 unspecified atom stereocenters. The Labute approximate surface area is 340 Å². The average Bonchev–Trinajstić information content (AvgIpc) is 3.25. The topological polar surface area (TPSA) is 6.48 Å². The van der Waals surface area contributed by atoms with E-state index in [1.54, 1.807) is 0 Å². The Morgan fingerprint density at radius 1 is 0.286 bits per heavy atom. The smallest absolute Gasteiger partial charge is 0.0620 e. The highest BCUT2D eigenvalue weighted by molar-refractivity contribution is 6.23. The van der Waals surface area contributed by atoms with Crippen LogP contribution in [-0.2, 0) is 10.8 Å². The summed E-state index contributed by atoms with van der Waals surface area (Å²) in [6.07, 6.45) is 0. The first-order valence-corrected chi connectivity index (χ1v) is 21.0. The van der Waals surface area contributed by atoms with Gasteiger partial charge in [0.05, 0.1) is 11.4 Å². The van der Waals surface area contributed by atoms with Crippen molar-refractivity contribution in [3.05, 3.63) is 169 Å². The number of nitrogens with zero attached hydrogens (tertiary/aromatic N) is 2. The molecule has 0 aliphatic rings. The minimum absolute atomic E-state index is 0.0282. The van der Waals surface area contributed by atoms with Crippen LogP contribution in [0.1, 0.15) is 108 Å². The maximum atomic E-state index is 2.45. The van der Waals surface area contributed by atoms with Gasteiger partial charge in [0.25, 0.3) is 0 Å². The van der Waals surface area contributed by atoms with Crippen LogP contribution in [0.25, 0.3) is 21.5 Å². The first kappa shape index (κ1) is 45.1. The highest BCUT2D eigenvalue weighted by Gasteiger charge is 2.28. The predicted octanol–water partition coefficient (Wildman–Crippen LogP) is 17.6. The normalized spacial score (nSPS) is 10.7. The monoisotopic (exact) mass is 745 g/mol. The van der Waals surface area contributed by atoms with Crippen molar-refractivity contribution < 1.29 is 0 Å². The molecule has 2 nitrogen and oxygen atoms in total. The summed E-state index contributed by atoms with van der Waals surface area (Å²) in [6.45, 7) is 29.8. The van der Waals surface area contributed by atoms with E-state index in [2.05, 4.69) is 209 Å². The summed E-state index contributed by atoms with van der Waals surface area (Å²) < 4.78 is 0. The van der Waals surface area contributed by atoms with Crippen LogP contribution in [0.4, 0.5) is 34.1 Å². The quantitative estimate of drug-likeness (QED) is 0.124. The van der Waals surface area contributed by atoms with Crippen molar-refractivity contribution in [1.82, 2.24) is 0 Å². The third kappa shape index (κ3) is 10.1. The highest BCUT2D eigenvalue weighted by atomic mass is 15.2. The molecule has 0 N–H and O–H groups in total. The number of hydrogen-bond acceptors (Lipinski definition) is 2. The molecule has 0 aliphatic heterocycles. The van der Waals surface area contributed by atoms with E-state index in [0.717, 1.165) is 22.7 Å². The van der Waals surface area contributed by atoms with Crippen molar-refractivity contribution >= 4 is 55.7 Å². The van der Waals surface area contributed by atoms with Gasteiger partial charge in [0.1, 0.15) is 0 Å². The molecule has 0 bridgehead atoms. The minimum atomic E-state index is -0.0282. The molecule has 0 spiro atoms. The van der Waals surface area contributed by atoms with Gasteiger partial charge < -0.3 is 9.80 Å². The SMILES string of the molecule is CC.CC.CC.CC.CC(C)(C)c1ccc2c(N(c3ccccc3)c3ccccc3)c3cc(C(C)(C)C)ccc3c(N(c3ccccc3)c3ccccc3)c2c1. The predicted molar refractivity (Wildman–Crippen MR) is 254 cm³/mol. The summed E-state index contributed by atoms with van der Waals surface area (Å²) in [5.41, 5.74) is 9.44.